The fourth-order valence-corrected chi connectivity index (χ4v) is 3.96. The van der Waals surface area contributed by atoms with Crippen molar-refractivity contribution in [1.82, 2.24) is 10.6 Å². The highest BCUT2D eigenvalue weighted by atomic mass is 32.2. The van der Waals surface area contributed by atoms with Crippen molar-refractivity contribution in [2.75, 3.05) is 37.7 Å². The summed E-state index contributed by atoms with van der Waals surface area (Å²) in [4.78, 5) is 0. The third-order valence-electron chi connectivity index (χ3n) is 3.01. The Kier molecular flexibility index (Phi) is 6.31. The zero-order chi connectivity index (χ0) is 11.9. The van der Waals surface area contributed by atoms with E-state index < -0.39 is 9.84 Å². The quantitative estimate of drug-likeness (QED) is 0.611. The number of sulfone groups is 1. The van der Waals surface area contributed by atoms with Crippen molar-refractivity contribution in [3.05, 3.63) is 0 Å². The maximum absolute atomic E-state index is 11.2. The van der Waals surface area contributed by atoms with Crippen LogP contribution in [0.3, 0.4) is 0 Å². The Morgan fingerprint density at radius 1 is 1.19 bits per heavy atom. The normalized spacial score (nSPS) is 23.7. The van der Waals surface area contributed by atoms with Crippen molar-refractivity contribution in [2.45, 2.75) is 26.2 Å². The van der Waals surface area contributed by atoms with Gasteiger partial charge in [0.05, 0.1) is 11.5 Å². The molecule has 2 N–H and O–H groups in total. The third kappa shape index (κ3) is 5.82. The first-order valence-corrected chi connectivity index (χ1v) is 8.08. The largest absolute Gasteiger partial charge is 0.317 e. The van der Waals surface area contributed by atoms with Gasteiger partial charge in [0.25, 0.3) is 0 Å². The minimum Gasteiger partial charge on any atom is -0.317 e. The molecule has 1 atom stereocenters. The molecule has 1 saturated heterocycles. The van der Waals surface area contributed by atoms with Crippen LogP contribution < -0.4 is 10.6 Å². The van der Waals surface area contributed by atoms with Crippen LogP contribution in [0.15, 0.2) is 0 Å². The van der Waals surface area contributed by atoms with Gasteiger partial charge >= 0.3 is 0 Å². The molecular weight excluding hydrogens is 224 g/mol. The molecule has 0 saturated carbocycles. The summed E-state index contributed by atoms with van der Waals surface area (Å²) in [5.41, 5.74) is 0. The Morgan fingerprint density at radius 3 is 2.56 bits per heavy atom. The molecule has 1 aliphatic rings. The van der Waals surface area contributed by atoms with Crippen LogP contribution in [-0.2, 0) is 9.84 Å². The highest BCUT2D eigenvalue weighted by Gasteiger charge is 2.26. The molecule has 1 rings (SSSR count). The third-order valence-corrected chi connectivity index (χ3v) is 4.85. The molecular formula is C11H24N2O2S. The van der Waals surface area contributed by atoms with Gasteiger partial charge in [-0.25, -0.2) is 8.42 Å². The van der Waals surface area contributed by atoms with Crippen LogP contribution in [-0.4, -0.2) is 46.1 Å². The van der Waals surface area contributed by atoms with E-state index in [1.807, 2.05) is 0 Å². The van der Waals surface area contributed by atoms with Gasteiger partial charge in [0, 0.05) is 0 Å². The van der Waals surface area contributed by atoms with Gasteiger partial charge in [0.15, 0.2) is 9.84 Å². The van der Waals surface area contributed by atoms with E-state index in [4.69, 9.17) is 0 Å². The molecule has 5 heteroatoms. The van der Waals surface area contributed by atoms with Crippen LogP contribution >= 0.6 is 0 Å². The minimum atomic E-state index is -2.69. The van der Waals surface area contributed by atoms with Crippen LogP contribution in [0.1, 0.15) is 26.2 Å². The molecule has 0 aliphatic carbocycles. The van der Waals surface area contributed by atoms with E-state index in [0.29, 0.717) is 17.4 Å². The van der Waals surface area contributed by atoms with E-state index in [1.165, 1.54) is 0 Å². The number of rotatable bonds is 8. The summed E-state index contributed by atoms with van der Waals surface area (Å²) in [7, 11) is -2.69. The van der Waals surface area contributed by atoms with E-state index in [0.717, 1.165) is 45.4 Å². The molecule has 0 aromatic carbocycles. The molecule has 1 heterocycles. The minimum absolute atomic E-state index is 0.395. The predicted molar refractivity (Wildman–Crippen MR) is 67.4 cm³/mol. The molecule has 0 amide bonds. The lowest BCUT2D eigenvalue weighted by atomic mass is 10.1. The summed E-state index contributed by atoms with van der Waals surface area (Å²) < 4.78 is 22.4. The Balaban J connectivity index is 1.92. The summed E-state index contributed by atoms with van der Waals surface area (Å²) in [6.07, 6.45) is 3.00. The van der Waals surface area contributed by atoms with Crippen molar-refractivity contribution in [2.24, 2.45) is 5.92 Å². The molecule has 0 radical (unpaired) electrons. The zero-order valence-electron chi connectivity index (χ0n) is 10.2. The molecule has 4 nitrogen and oxygen atoms in total. The Labute approximate surface area is 99.1 Å². The van der Waals surface area contributed by atoms with Crippen LogP contribution in [0.25, 0.3) is 0 Å². The summed E-state index contributed by atoms with van der Waals surface area (Å²) in [5.74, 6) is 1.20. The van der Waals surface area contributed by atoms with Crippen molar-refractivity contribution < 1.29 is 8.42 Å². The lowest BCUT2D eigenvalue weighted by Crippen LogP contribution is -2.23. The summed E-state index contributed by atoms with van der Waals surface area (Å²) in [5, 5.41) is 6.64. The van der Waals surface area contributed by atoms with Crippen LogP contribution in [0, 0.1) is 5.92 Å². The molecule has 16 heavy (non-hydrogen) atoms. The smallest absolute Gasteiger partial charge is 0.150 e. The van der Waals surface area contributed by atoms with Gasteiger partial charge in [-0.1, -0.05) is 6.92 Å². The molecule has 0 bridgehead atoms. The highest BCUT2D eigenvalue weighted by Crippen LogP contribution is 2.20. The maximum Gasteiger partial charge on any atom is 0.150 e. The molecule has 0 aromatic heterocycles. The highest BCUT2D eigenvalue weighted by molar-refractivity contribution is 7.91. The van der Waals surface area contributed by atoms with Crippen molar-refractivity contribution >= 4 is 9.84 Å². The number of hydrogen-bond donors (Lipinski definition) is 2. The van der Waals surface area contributed by atoms with E-state index in [1.54, 1.807) is 0 Å². The molecule has 0 aromatic rings. The lowest BCUT2D eigenvalue weighted by molar-refractivity contribution is 0.501. The van der Waals surface area contributed by atoms with Gasteiger partial charge in [-0.3, -0.25) is 0 Å². The second-order valence-electron chi connectivity index (χ2n) is 4.51. The van der Waals surface area contributed by atoms with Crippen LogP contribution in [0.4, 0.5) is 0 Å². The monoisotopic (exact) mass is 248 g/mol. The first-order chi connectivity index (χ1) is 7.64. The number of nitrogens with one attached hydrogen (secondary N) is 2. The Hall–Kier alpha value is -0.130. The van der Waals surface area contributed by atoms with Crippen molar-refractivity contribution in [3.8, 4) is 0 Å². The molecule has 1 fully saturated rings. The second kappa shape index (κ2) is 7.25. The average molecular weight is 248 g/mol. The SMILES string of the molecule is CCNCCCNCCC1CCS(=O)(=O)C1. The van der Waals surface area contributed by atoms with Gasteiger partial charge in [-0.15, -0.1) is 0 Å². The topological polar surface area (TPSA) is 58.2 Å². The van der Waals surface area contributed by atoms with E-state index in [-0.39, 0.29) is 0 Å². The zero-order valence-corrected chi connectivity index (χ0v) is 11.0. The summed E-state index contributed by atoms with van der Waals surface area (Å²) in [6, 6.07) is 0. The maximum atomic E-state index is 11.2. The molecule has 96 valence electrons. The summed E-state index contributed by atoms with van der Waals surface area (Å²) in [6.45, 7) is 6.16. The second-order valence-corrected chi connectivity index (χ2v) is 6.74. The molecule has 1 aliphatic heterocycles. The van der Waals surface area contributed by atoms with Gasteiger partial charge in [0.2, 0.25) is 0 Å². The van der Waals surface area contributed by atoms with E-state index >= 15 is 0 Å². The average Bonchev–Trinajstić information content (AvgIpc) is 2.57. The van der Waals surface area contributed by atoms with E-state index in [2.05, 4.69) is 17.6 Å². The molecule has 0 spiro atoms. The van der Waals surface area contributed by atoms with Crippen molar-refractivity contribution in [3.63, 3.8) is 0 Å². The lowest BCUT2D eigenvalue weighted by Gasteiger charge is -2.08. The standard InChI is InChI=1S/C11H24N2O2S/c1-2-12-6-3-7-13-8-4-11-5-9-16(14,15)10-11/h11-13H,2-10H2,1H3. The van der Waals surface area contributed by atoms with Crippen molar-refractivity contribution in [1.29, 1.82) is 0 Å². The fraction of sp³-hybridized carbons (Fsp3) is 1.00. The predicted octanol–water partition coefficient (Wildman–Crippen LogP) is 0.400. The molecule has 1 unspecified atom stereocenters. The van der Waals surface area contributed by atoms with Gasteiger partial charge in [-0.2, -0.15) is 0 Å². The first kappa shape index (κ1) is 13.9. The van der Waals surface area contributed by atoms with Crippen LogP contribution in [0.5, 0.6) is 0 Å². The van der Waals surface area contributed by atoms with Gasteiger partial charge in [0.1, 0.15) is 0 Å². The Morgan fingerprint density at radius 2 is 1.94 bits per heavy atom. The Bertz CT molecular complexity index is 278. The number of hydrogen-bond acceptors (Lipinski definition) is 4. The fourth-order valence-electron chi connectivity index (χ4n) is 2.05. The summed E-state index contributed by atoms with van der Waals surface area (Å²) >= 11 is 0. The van der Waals surface area contributed by atoms with Crippen LogP contribution in [0.2, 0.25) is 0 Å². The van der Waals surface area contributed by atoms with E-state index in [9.17, 15) is 8.42 Å². The van der Waals surface area contributed by atoms with Gasteiger partial charge < -0.3 is 10.6 Å². The first-order valence-electron chi connectivity index (χ1n) is 6.26. The van der Waals surface area contributed by atoms with Gasteiger partial charge in [-0.05, 0) is 51.4 Å².